The van der Waals surface area contributed by atoms with E-state index < -0.39 is 0 Å². The summed E-state index contributed by atoms with van der Waals surface area (Å²) in [5.74, 6) is 1.38. The van der Waals surface area contributed by atoms with Crippen molar-refractivity contribution < 1.29 is 13.7 Å². The van der Waals surface area contributed by atoms with Gasteiger partial charge in [0, 0.05) is 12.5 Å². The number of halogens is 1. The zero-order chi connectivity index (χ0) is 16.3. The Morgan fingerprint density at radius 2 is 2.05 bits per heavy atom. The highest BCUT2D eigenvalue weighted by atomic mass is 19.1. The third-order valence-corrected chi connectivity index (χ3v) is 3.64. The predicted molar refractivity (Wildman–Crippen MR) is 81.2 cm³/mol. The first kappa shape index (κ1) is 16.4. The second-order valence-electron chi connectivity index (χ2n) is 5.71. The SMILES string of the molecule is COc1ccc(CN(C)C(C)c2nc(C(C)C)no2)cc1F. The van der Waals surface area contributed by atoms with E-state index in [2.05, 4.69) is 10.1 Å². The summed E-state index contributed by atoms with van der Waals surface area (Å²) in [7, 11) is 3.39. The van der Waals surface area contributed by atoms with E-state index in [0.717, 1.165) is 5.56 Å². The molecule has 0 spiro atoms. The topological polar surface area (TPSA) is 51.4 Å². The highest BCUT2D eigenvalue weighted by Crippen LogP contribution is 2.23. The fourth-order valence-corrected chi connectivity index (χ4v) is 2.07. The van der Waals surface area contributed by atoms with Crippen molar-refractivity contribution in [3.05, 3.63) is 41.3 Å². The quantitative estimate of drug-likeness (QED) is 0.817. The van der Waals surface area contributed by atoms with Gasteiger partial charge in [0.05, 0.1) is 13.2 Å². The maximum absolute atomic E-state index is 13.7. The van der Waals surface area contributed by atoms with Crippen LogP contribution in [-0.2, 0) is 6.54 Å². The number of hydrogen-bond acceptors (Lipinski definition) is 5. The van der Waals surface area contributed by atoms with E-state index in [4.69, 9.17) is 9.26 Å². The molecule has 0 aliphatic heterocycles. The molecule has 1 unspecified atom stereocenters. The fraction of sp³-hybridized carbons (Fsp3) is 0.500. The lowest BCUT2D eigenvalue weighted by molar-refractivity contribution is 0.202. The molecule has 0 N–H and O–H groups in total. The molecule has 2 aromatic rings. The molecule has 0 aliphatic rings. The largest absolute Gasteiger partial charge is 0.494 e. The standard InChI is InChI=1S/C16H22FN3O2/c1-10(2)15-18-16(22-19-15)11(3)20(4)9-12-6-7-14(21-5)13(17)8-12/h6-8,10-11H,9H2,1-5H3. The van der Waals surface area contributed by atoms with Crippen molar-refractivity contribution in [2.45, 2.75) is 39.3 Å². The number of methoxy groups -OCH3 is 1. The molecule has 1 aromatic heterocycles. The Labute approximate surface area is 130 Å². The van der Waals surface area contributed by atoms with Crippen molar-refractivity contribution in [3.63, 3.8) is 0 Å². The average molecular weight is 307 g/mol. The van der Waals surface area contributed by atoms with Gasteiger partial charge in [-0.3, -0.25) is 4.90 Å². The van der Waals surface area contributed by atoms with Crippen molar-refractivity contribution >= 4 is 0 Å². The smallest absolute Gasteiger partial charge is 0.243 e. The molecule has 0 radical (unpaired) electrons. The second kappa shape index (κ2) is 6.87. The van der Waals surface area contributed by atoms with Crippen LogP contribution in [0.5, 0.6) is 5.75 Å². The zero-order valence-electron chi connectivity index (χ0n) is 13.6. The Morgan fingerprint density at radius 3 is 2.59 bits per heavy atom. The molecule has 0 amide bonds. The first-order valence-electron chi connectivity index (χ1n) is 7.28. The van der Waals surface area contributed by atoms with E-state index >= 15 is 0 Å². The van der Waals surface area contributed by atoms with E-state index in [1.54, 1.807) is 6.07 Å². The third kappa shape index (κ3) is 3.62. The fourth-order valence-electron chi connectivity index (χ4n) is 2.07. The second-order valence-corrected chi connectivity index (χ2v) is 5.71. The van der Waals surface area contributed by atoms with Gasteiger partial charge in [0.15, 0.2) is 17.4 Å². The van der Waals surface area contributed by atoms with Crippen LogP contribution in [0.4, 0.5) is 4.39 Å². The molecule has 2 rings (SSSR count). The number of aromatic nitrogens is 2. The van der Waals surface area contributed by atoms with Gasteiger partial charge in [0.2, 0.25) is 5.89 Å². The molecule has 0 saturated heterocycles. The third-order valence-electron chi connectivity index (χ3n) is 3.64. The van der Waals surface area contributed by atoms with Crippen molar-refractivity contribution in [2.75, 3.05) is 14.2 Å². The molecule has 1 heterocycles. The molecule has 0 fully saturated rings. The van der Waals surface area contributed by atoms with Gasteiger partial charge in [0.25, 0.3) is 0 Å². The van der Waals surface area contributed by atoms with Gasteiger partial charge in [-0.25, -0.2) is 4.39 Å². The number of benzene rings is 1. The Morgan fingerprint density at radius 1 is 1.32 bits per heavy atom. The Bertz CT molecular complexity index is 628. The van der Waals surface area contributed by atoms with E-state index in [-0.39, 0.29) is 23.5 Å². The summed E-state index contributed by atoms with van der Waals surface area (Å²) in [5.41, 5.74) is 0.858. The number of ether oxygens (including phenoxy) is 1. The highest BCUT2D eigenvalue weighted by Gasteiger charge is 2.20. The molecular weight excluding hydrogens is 285 g/mol. The first-order valence-corrected chi connectivity index (χ1v) is 7.28. The molecule has 1 aromatic carbocycles. The van der Waals surface area contributed by atoms with Gasteiger partial charge in [-0.1, -0.05) is 25.1 Å². The van der Waals surface area contributed by atoms with E-state index in [1.165, 1.54) is 13.2 Å². The van der Waals surface area contributed by atoms with E-state index in [1.807, 2.05) is 38.8 Å². The monoisotopic (exact) mass is 307 g/mol. The lowest BCUT2D eigenvalue weighted by Crippen LogP contribution is -2.22. The molecule has 1 atom stereocenters. The van der Waals surface area contributed by atoms with Gasteiger partial charge in [-0.05, 0) is 31.7 Å². The van der Waals surface area contributed by atoms with Crippen LogP contribution in [0.25, 0.3) is 0 Å². The number of rotatable bonds is 6. The van der Waals surface area contributed by atoms with Gasteiger partial charge >= 0.3 is 0 Å². The zero-order valence-corrected chi connectivity index (χ0v) is 13.6. The van der Waals surface area contributed by atoms with Crippen LogP contribution in [0.3, 0.4) is 0 Å². The summed E-state index contributed by atoms with van der Waals surface area (Å²) in [4.78, 5) is 6.43. The van der Waals surface area contributed by atoms with Crippen LogP contribution in [0.1, 0.15) is 50.0 Å². The van der Waals surface area contributed by atoms with Gasteiger partial charge in [0.1, 0.15) is 0 Å². The Kier molecular flexibility index (Phi) is 5.13. The highest BCUT2D eigenvalue weighted by molar-refractivity contribution is 5.29. The summed E-state index contributed by atoms with van der Waals surface area (Å²) in [6.07, 6.45) is 0. The van der Waals surface area contributed by atoms with E-state index in [9.17, 15) is 4.39 Å². The maximum Gasteiger partial charge on any atom is 0.243 e. The lowest BCUT2D eigenvalue weighted by Gasteiger charge is -2.21. The van der Waals surface area contributed by atoms with Crippen LogP contribution < -0.4 is 4.74 Å². The molecule has 22 heavy (non-hydrogen) atoms. The molecule has 120 valence electrons. The summed E-state index contributed by atoms with van der Waals surface area (Å²) in [5, 5.41) is 3.97. The van der Waals surface area contributed by atoms with Crippen LogP contribution in [0.15, 0.2) is 22.7 Å². The number of hydrogen-bond donors (Lipinski definition) is 0. The molecule has 0 bridgehead atoms. The normalized spacial score (nSPS) is 12.9. The molecular formula is C16H22FN3O2. The van der Waals surface area contributed by atoms with Crippen molar-refractivity contribution in [1.82, 2.24) is 15.0 Å². The minimum atomic E-state index is -0.360. The summed E-state index contributed by atoms with van der Waals surface area (Å²) in [6, 6.07) is 4.91. The molecule has 0 aliphatic carbocycles. The van der Waals surface area contributed by atoms with Crippen LogP contribution in [0, 0.1) is 5.82 Å². The lowest BCUT2D eigenvalue weighted by atomic mass is 10.1. The Hall–Kier alpha value is -1.95. The van der Waals surface area contributed by atoms with Crippen LogP contribution in [0.2, 0.25) is 0 Å². The van der Waals surface area contributed by atoms with Gasteiger partial charge in [-0.15, -0.1) is 0 Å². The summed E-state index contributed by atoms with van der Waals surface area (Å²) in [6.45, 7) is 6.59. The molecule has 5 nitrogen and oxygen atoms in total. The van der Waals surface area contributed by atoms with E-state index in [0.29, 0.717) is 18.3 Å². The molecule has 0 saturated carbocycles. The van der Waals surface area contributed by atoms with Crippen LogP contribution in [-0.4, -0.2) is 29.2 Å². The van der Waals surface area contributed by atoms with Crippen molar-refractivity contribution in [3.8, 4) is 5.75 Å². The number of nitrogens with zero attached hydrogens (tertiary/aromatic N) is 3. The molecule has 6 heteroatoms. The van der Waals surface area contributed by atoms with Gasteiger partial charge in [-0.2, -0.15) is 4.98 Å². The first-order chi connectivity index (χ1) is 10.4. The van der Waals surface area contributed by atoms with Crippen molar-refractivity contribution in [1.29, 1.82) is 0 Å². The van der Waals surface area contributed by atoms with Gasteiger partial charge < -0.3 is 9.26 Å². The van der Waals surface area contributed by atoms with Crippen LogP contribution >= 0.6 is 0 Å². The minimum absolute atomic E-state index is 0.0508. The summed E-state index contributed by atoms with van der Waals surface area (Å²) >= 11 is 0. The Balaban J connectivity index is 2.07. The summed E-state index contributed by atoms with van der Waals surface area (Å²) < 4.78 is 24.0. The maximum atomic E-state index is 13.7. The van der Waals surface area contributed by atoms with Crippen molar-refractivity contribution in [2.24, 2.45) is 0 Å². The average Bonchev–Trinajstić information content (AvgIpc) is 2.96. The minimum Gasteiger partial charge on any atom is -0.494 e. The predicted octanol–water partition coefficient (Wildman–Crippen LogP) is 3.53.